The molecule has 4 aromatic rings. The first-order chi connectivity index (χ1) is 14.9. The van der Waals surface area contributed by atoms with Gasteiger partial charge < -0.3 is 0 Å². The molecule has 0 aliphatic rings. The van der Waals surface area contributed by atoms with E-state index in [2.05, 4.69) is 18.8 Å². The highest BCUT2D eigenvalue weighted by Gasteiger charge is 2.23. The number of rotatable bonds is 6. The van der Waals surface area contributed by atoms with Gasteiger partial charge in [-0.25, -0.2) is 4.98 Å². The fourth-order valence-electron chi connectivity index (χ4n) is 3.24. The van der Waals surface area contributed by atoms with Crippen LogP contribution >= 0.6 is 34.7 Å². The van der Waals surface area contributed by atoms with Crippen molar-refractivity contribution in [1.29, 1.82) is 0 Å². The topological polar surface area (TPSA) is 46.1 Å². The smallest absolute Gasteiger partial charge is 0.260 e. The van der Waals surface area contributed by atoms with Gasteiger partial charge in [0, 0.05) is 26.9 Å². The molecule has 0 atom stereocenters. The molecule has 1 amide bonds. The number of fused-ring (bicyclic) bond motifs is 1. The second kappa shape index (κ2) is 9.39. The van der Waals surface area contributed by atoms with Gasteiger partial charge in [0.15, 0.2) is 5.13 Å². The molecule has 31 heavy (non-hydrogen) atoms. The summed E-state index contributed by atoms with van der Waals surface area (Å²) in [5, 5.41) is 1.79. The minimum atomic E-state index is -0.102. The molecule has 4 nitrogen and oxygen atoms in total. The largest absolute Gasteiger partial charge is 0.278 e. The van der Waals surface area contributed by atoms with Gasteiger partial charge in [-0.05, 0) is 61.0 Å². The lowest BCUT2D eigenvalue weighted by molar-refractivity contribution is 0.0984. The molecule has 0 bridgehead atoms. The normalized spacial score (nSPS) is 11.3. The number of anilines is 1. The number of nitrogens with zero attached hydrogens (tertiary/aromatic N) is 3. The van der Waals surface area contributed by atoms with Gasteiger partial charge in [0.2, 0.25) is 0 Å². The highest BCUT2D eigenvalue weighted by molar-refractivity contribution is 7.99. The van der Waals surface area contributed by atoms with Gasteiger partial charge in [0.1, 0.15) is 0 Å². The van der Waals surface area contributed by atoms with Gasteiger partial charge in [-0.2, -0.15) is 0 Å². The van der Waals surface area contributed by atoms with Crippen molar-refractivity contribution in [2.75, 3.05) is 4.90 Å². The third kappa shape index (κ3) is 5.09. The van der Waals surface area contributed by atoms with Crippen LogP contribution < -0.4 is 4.90 Å². The van der Waals surface area contributed by atoms with E-state index in [-0.39, 0.29) is 5.91 Å². The molecule has 2 aromatic heterocycles. The van der Waals surface area contributed by atoms with Crippen LogP contribution in [0.4, 0.5) is 5.13 Å². The molecule has 2 aromatic carbocycles. The van der Waals surface area contributed by atoms with Crippen LogP contribution in [0.15, 0.2) is 65.7 Å². The monoisotopic (exact) mass is 467 g/mol. The first-order valence-corrected chi connectivity index (χ1v) is 12.0. The number of carbonyl (C=O) groups is 1. The van der Waals surface area contributed by atoms with Crippen molar-refractivity contribution in [1.82, 2.24) is 9.97 Å². The molecule has 0 spiro atoms. The highest BCUT2D eigenvalue weighted by atomic mass is 35.5. The van der Waals surface area contributed by atoms with Crippen LogP contribution in [0.1, 0.15) is 35.5 Å². The molecule has 0 radical (unpaired) electrons. The fraction of sp³-hybridized carbons (Fsp3) is 0.208. The summed E-state index contributed by atoms with van der Waals surface area (Å²) < 4.78 is 0.961. The average Bonchev–Trinajstić information content (AvgIpc) is 3.16. The van der Waals surface area contributed by atoms with Gasteiger partial charge in [-0.15, -0.1) is 11.8 Å². The van der Waals surface area contributed by atoms with Crippen LogP contribution in [0.25, 0.3) is 10.2 Å². The Kier molecular flexibility index (Phi) is 6.60. The van der Waals surface area contributed by atoms with Crippen molar-refractivity contribution in [3.05, 3.63) is 82.6 Å². The van der Waals surface area contributed by atoms with Crippen LogP contribution in [0.5, 0.6) is 0 Å². The first-order valence-electron chi connectivity index (χ1n) is 9.96. The van der Waals surface area contributed by atoms with Crippen molar-refractivity contribution in [2.45, 2.75) is 37.5 Å². The number of aryl methyl sites for hydroxylation is 1. The van der Waals surface area contributed by atoms with Crippen molar-refractivity contribution in [3.63, 3.8) is 0 Å². The number of pyridine rings is 1. The zero-order valence-electron chi connectivity index (χ0n) is 17.5. The van der Waals surface area contributed by atoms with Gasteiger partial charge in [-0.1, -0.05) is 42.9 Å². The Bertz CT molecular complexity index is 1210. The van der Waals surface area contributed by atoms with Crippen LogP contribution in [-0.4, -0.2) is 21.1 Å². The molecular weight excluding hydrogens is 446 g/mol. The molecular formula is C24H22ClN3OS2. The molecule has 7 heteroatoms. The van der Waals surface area contributed by atoms with Crippen LogP contribution in [0.2, 0.25) is 5.02 Å². The summed E-state index contributed by atoms with van der Waals surface area (Å²) in [6.45, 7) is 6.63. The van der Waals surface area contributed by atoms with Crippen molar-refractivity contribution in [2.24, 2.45) is 0 Å². The summed E-state index contributed by atoms with van der Waals surface area (Å²) in [6, 6.07) is 17.3. The molecule has 0 aliphatic carbocycles. The maximum atomic E-state index is 13.5. The Morgan fingerprint density at radius 1 is 1.16 bits per heavy atom. The van der Waals surface area contributed by atoms with Crippen LogP contribution in [0.3, 0.4) is 0 Å². The number of thiazole rings is 1. The number of amides is 1. The molecule has 0 saturated heterocycles. The summed E-state index contributed by atoms with van der Waals surface area (Å²) in [6.07, 6.45) is 1.73. The van der Waals surface area contributed by atoms with Gasteiger partial charge in [-0.3, -0.25) is 14.7 Å². The molecule has 0 saturated carbocycles. The summed E-state index contributed by atoms with van der Waals surface area (Å²) in [5.41, 5.74) is 3.28. The van der Waals surface area contributed by atoms with E-state index in [1.54, 1.807) is 22.9 Å². The molecule has 0 aliphatic heterocycles. The van der Waals surface area contributed by atoms with Gasteiger partial charge >= 0.3 is 0 Å². The quantitative estimate of drug-likeness (QED) is 0.286. The Morgan fingerprint density at radius 3 is 2.61 bits per heavy atom. The highest BCUT2D eigenvalue weighted by Crippen LogP contribution is 2.34. The fourth-order valence-corrected chi connectivity index (χ4v) is 5.50. The van der Waals surface area contributed by atoms with E-state index in [0.717, 1.165) is 26.4 Å². The molecule has 158 valence electrons. The van der Waals surface area contributed by atoms with E-state index < -0.39 is 0 Å². The Hall–Kier alpha value is -2.41. The minimum Gasteiger partial charge on any atom is -0.278 e. The number of aromatic nitrogens is 2. The SMILES string of the molecule is Cc1cc(Cl)cc2sc(N(Cc3ccccn3)C(=O)c3ccc(SC(C)C)cc3)nc12. The number of hydrogen-bond donors (Lipinski definition) is 0. The Labute approximate surface area is 195 Å². The van der Waals surface area contributed by atoms with E-state index in [4.69, 9.17) is 16.6 Å². The summed E-state index contributed by atoms with van der Waals surface area (Å²) in [7, 11) is 0. The minimum absolute atomic E-state index is 0.102. The van der Waals surface area contributed by atoms with Crippen molar-refractivity contribution < 1.29 is 4.79 Å². The predicted octanol–water partition coefficient (Wildman–Crippen LogP) is 7.00. The number of hydrogen-bond acceptors (Lipinski definition) is 5. The van der Waals surface area contributed by atoms with E-state index in [1.807, 2.05) is 61.5 Å². The molecule has 0 N–H and O–H groups in total. The lowest BCUT2D eigenvalue weighted by atomic mass is 10.2. The molecule has 2 heterocycles. The van der Waals surface area contributed by atoms with E-state index in [1.165, 1.54) is 11.3 Å². The number of halogens is 1. The number of benzene rings is 2. The predicted molar refractivity (Wildman–Crippen MR) is 132 cm³/mol. The summed E-state index contributed by atoms with van der Waals surface area (Å²) in [4.78, 5) is 25.6. The Morgan fingerprint density at radius 2 is 1.94 bits per heavy atom. The third-order valence-electron chi connectivity index (χ3n) is 4.63. The average molecular weight is 468 g/mol. The first kappa shape index (κ1) is 21.8. The van der Waals surface area contributed by atoms with Crippen LogP contribution in [0, 0.1) is 6.92 Å². The zero-order valence-corrected chi connectivity index (χ0v) is 19.9. The third-order valence-corrected chi connectivity index (χ3v) is 6.89. The van der Waals surface area contributed by atoms with Crippen molar-refractivity contribution >= 4 is 56.0 Å². The lowest BCUT2D eigenvalue weighted by Gasteiger charge is -2.20. The van der Waals surface area contributed by atoms with E-state index in [0.29, 0.717) is 27.5 Å². The second-order valence-electron chi connectivity index (χ2n) is 7.47. The zero-order chi connectivity index (χ0) is 22.0. The van der Waals surface area contributed by atoms with E-state index in [9.17, 15) is 4.79 Å². The lowest BCUT2D eigenvalue weighted by Crippen LogP contribution is -2.30. The molecule has 4 rings (SSSR count). The summed E-state index contributed by atoms with van der Waals surface area (Å²) in [5.74, 6) is -0.102. The van der Waals surface area contributed by atoms with Crippen molar-refractivity contribution in [3.8, 4) is 0 Å². The molecule has 0 unspecified atom stereocenters. The summed E-state index contributed by atoms with van der Waals surface area (Å²) >= 11 is 9.48. The van der Waals surface area contributed by atoms with Gasteiger partial charge in [0.05, 0.1) is 22.5 Å². The Balaban J connectivity index is 1.72. The number of carbonyl (C=O) groups excluding carboxylic acids is 1. The standard InChI is InChI=1S/C24H22ClN3OS2/c1-15(2)30-20-9-7-17(8-10-20)23(29)28(14-19-6-4-5-11-26-19)24-27-22-16(3)12-18(25)13-21(22)31-24/h4-13,15H,14H2,1-3H3. The van der Waals surface area contributed by atoms with E-state index >= 15 is 0 Å². The van der Waals surface area contributed by atoms with Crippen LogP contribution in [-0.2, 0) is 6.54 Å². The maximum absolute atomic E-state index is 13.5. The second-order valence-corrected chi connectivity index (χ2v) is 10.6. The van der Waals surface area contributed by atoms with Gasteiger partial charge in [0.25, 0.3) is 5.91 Å². The maximum Gasteiger partial charge on any atom is 0.260 e. The number of thioether (sulfide) groups is 1. The molecule has 0 fully saturated rings.